The molecule has 0 unspecified atom stereocenters. The van der Waals surface area contributed by atoms with Crippen LogP contribution >= 0.6 is 0 Å². The largest absolute Gasteiger partial charge is 0.480 e. The van der Waals surface area contributed by atoms with Gasteiger partial charge in [0.15, 0.2) is 0 Å². The molecule has 0 aromatic carbocycles. The minimum absolute atomic E-state index is 0.0265. The van der Waals surface area contributed by atoms with E-state index in [1.165, 1.54) is 18.5 Å². The summed E-state index contributed by atoms with van der Waals surface area (Å²) in [5.74, 6) is -1.69. The lowest BCUT2D eigenvalue weighted by molar-refractivity contribution is -0.139. The van der Waals surface area contributed by atoms with E-state index in [4.69, 9.17) is 10.2 Å². The zero-order valence-electron chi connectivity index (χ0n) is 8.46. The molecule has 0 fully saturated rings. The number of hydrogen-bond donors (Lipinski definition) is 3. The van der Waals surface area contributed by atoms with Crippen LogP contribution in [0.2, 0.25) is 0 Å². The van der Waals surface area contributed by atoms with Crippen molar-refractivity contribution in [1.82, 2.24) is 10.3 Å². The van der Waals surface area contributed by atoms with Gasteiger partial charge in [-0.1, -0.05) is 0 Å². The van der Waals surface area contributed by atoms with Gasteiger partial charge in [0, 0.05) is 25.4 Å². The number of hydrogen-bond acceptors (Lipinski definition) is 4. The number of aliphatic hydroxyl groups excluding tert-OH is 1. The third-order valence-electron chi connectivity index (χ3n) is 1.94. The molecule has 3 N–H and O–H groups in total. The molecular formula is C10H12N2O4. The molecule has 16 heavy (non-hydrogen) atoms. The van der Waals surface area contributed by atoms with Gasteiger partial charge >= 0.3 is 5.97 Å². The normalized spacial score (nSPS) is 11.8. The monoisotopic (exact) mass is 224 g/mol. The van der Waals surface area contributed by atoms with Crippen molar-refractivity contribution in [1.29, 1.82) is 0 Å². The first-order chi connectivity index (χ1) is 7.65. The molecule has 1 aromatic heterocycles. The fourth-order valence-corrected chi connectivity index (χ4v) is 1.13. The molecule has 0 aliphatic rings. The van der Waals surface area contributed by atoms with Gasteiger partial charge in [-0.2, -0.15) is 0 Å². The standard InChI is InChI=1S/C10H12N2O4/c13-5-3-8(10(15)16)12-9(14)7-2-1-4-11-6-7/h1-2,4,6,8,13H,3,5H2,(H,12,14)(H,15,16)/t8-/m1/s1. The summed E-state index contributed by atoms with van der Waals surface area (Å²) in [5, 5.41) is 19.7. The average molecular weight is 224 g/mol. The maximum atomic E-state index is 11.5. The molecule has 0 radical (unpaired) electrons. The van der Waals surface area contributed by atoms with Crippen LogP contribution in [-0.4, -0.2) is 39.7 Å². The second-order valence-corrected chi connectivity index (χ2v) is 3.12. The van der Waals surface area contributed by atoms with Crippen LogP contribution in [0.3, 0.4) is 0 Å². The number of nitrogens with one attached hydrogen (secondary N) is 1. The molecule has 0 spiro atoms. The third kappa shape index (κ3) is 3.32. The number of aliphatic carboxylic acids is 1. The molecule has 1 heterocycles. The van der Waals surface area contributed by atoms with Gasteiger partial charge in [0.1, 0.15) is 6.04 Å². The highest BCUT2D eigenvalue weighted by Crippen LogP contribution is 1.98. The van der Waals surface area contributed by atoms with Crippen molar-refractivity contribution in [3.05, 3.63) is 30.1 Å². The van der Waals surface area contributed by atoms with E-state index in [1.54, 1.807) is 6.07 Å². The Labute approximate surface area is 91.9 Å². The molecule has 1 atom stereocenters. The van der Waals surface area contributed by atoms with Crippen molar-refractivity contribution >= 4 is 11.9 Å². The lowest BCUT2D eigenvalue weighted by atomic mass is 10.2. The molecule has 1 aromatic rings. The molecule has 0 aliphatic carbocycles. The molecule has 0 saturated heterocycles. The first-order valence-electron chi connectivity index (χ1n) is 4.69. The Morgan fingerprint density at radius 3 is 2.75 bits per heavy atom. The summed E-state index contributed by atoms with van der Waals surface area (Å²) in [5.41, 5.74) is 0.284. The molecule has 1 amide bonds. The van der Waals surface area contributed by atoms with E-state index in [1.807, 2.05) is 0 Å². The van der Waals surface area contributed by atoms with E-state index in [9.17, 15) is 9.59 Å². The van der Waals surface area contributed by atoms with E-state index in [0.717, 1.165) is 0 Å². The Bertz CT molecular complexity index is 366. The van der Waals surface area contributed by atoms with Crippen molar-refractivity contribution in [2.45, 2.75) is 12.5 Å². The number of aliphatic hydroxyl groups is 1. The first kappa shape index (κ1) is 12.1. The summed E-state index contributed by atoms with van der Waals surface area (Å²) < 4.78 is 0. The van der Waals surface area contributed by atoms with Crippen LogP contribution in [0.25, 0.3) is 0 Å². The second kappa shape index (κ2) is 5.82. The minimum Gasteiger partial charge on any atom is -0.480 e. The van der Waals surface area contributed by atoms with E-state index in [2.05, 4.69) is 10.3 Å². The van der Waals surface area contributed by atoms with Crippen molar-refractivity contribution in [3.63, 3.8) is 0 Å². The molecule has 1 rings (SSSR count). The van der Waals surface area contributed by atoms with Gasteiger partial charge < -0.3 is 15.5 Å². The van der Waals surface area contributed by atoms with Crippen molar-refractivity contribution < 1.29 is 19.8 Å². The van der Waals surface area contributed by atoms with Gasteiger partial charge in [-0.3, -0.25) is 9.78 Å². The summed E-state index contributed by atoms with van der Waals surface area (Å²) in [7, 11) is 0. The van der Waals surface area contributed by atoms with E-state index in [-0.39, 0.29) is 18.6 Å². The Balaban J connectivity index is 2.65. The van der Waals surface area contributed by atoms with Crippen LogP contribution in [-0.2, 0) is 4.79 Å². The van der Waals surface area contributed by atoms with Crippen molar-refractivity contribution in [2.24, 2.45) is 0 Å². The average Bonchev–Trinajstić information content (AvgIpc) is 2.29. The highest BCUT2D eigenvalue weighted by molar-refractivity contribution is 5.96. The minimum atomic E-state index is -1.17. The number of nitrogens with zero attached hydrogens (tertiary/aromatic N) is 1. The lowest BCUT2D eigenvalue weighted by Crippen LogP contribution is -2.41. The molecule has 86 valence electrons. The summed E-state index contributed by atoms with van der Waals surface area (Å²) in [6.07, 6.45) is 2.83. The SMILES string of the molecule is O=C(N[C@H](CCO)C(=O)O)c1cccnc1. The predicted octanol–water partition coefficient (Wildman–Crippen LogP) is -0.353. The van der Waals surface area contributed by atoms with Gasteiger partial charge in [0.05, 0.1) is 5.56 Å². The van der Waals surface area contributed by atoms with Gasteiger partial charge in [0.2, 0.25) is 0 Å². The molecule has 0 aliphatic heterocycles. The van der Waals surface area contributed by atoms with Crippen LogP contribution in [0.4, 0.5) is 0 Å². The molecule has 6 heteroatoms. The van der Waals surface area contributed by atoms with E-state index >= 15 is 0 Å². The maximum Gasteiger partial charge on any atom is 0.326 e. The molecule has 0 bridgehead atoms. The Morgan fingerprint density at radius 1 is 1.50 bits per heavy atom. The van der Waals surface area contributed by atoms with E-state index < -0.39 is 17.9 Å². The van der Waals surface area contributed by atoms with Crippen molar-refractivity contribution in [3.8, 4) is 0 Å². The van der Waals surface area contributed by atoms with Crippen molar-refractivity contribution in [2.75, 3.05) is 6.61 Å². The third-order valence-corrected chi connectivity index (χ3v) is 1.94. The highest BCUT2D eigenvalue weighted by Gasteiger charge is 2.19. The zero-order chi connectivity index (χ0) is 12.0. The smallest absolute Gasteiger partial charge is 0.326 e. The fraction of sp³-hybridized carbons (Fsp3) is 0.300. The fourth-order valence-electron chi connectivity index (χ4n) is 1.13. The molecule has 0 saturated carbocycles. The lowest BCUT2D eigenvalue weighted by Gasteiger charge is -2.12. The number of carboxylic acid groups (broad SMARTS) is 1. The molecular weight excluding hydrogens is 212 g/mol. The predicted molar refractivity (Wildman–Crippen MR) is 54.8 cm³/mol. The second-order valence-electron chi connectivity index (χ2n) is 3.12. The maximum absolute atomic E-state index is 11.5. The Hall–Kier alpha value is -1.95. The number of carbonyl (C=O) groups excluding carboxylic acids is 1. The number of rotatable bonds is 5. The van der Waals surface area contributed by atoms with Gasteiger partial charge in [-0.25, -0.2) is 4.79 Å². The van der Waals surface area contributed by atoms with Crippen LogP contribution in [0.15, 0.2) is 24.5 Å². The van der Waals surface area contributed by atoms with Crippen LogP contribution in [0.5, 0.6) is 0 Å². The van der Waals surface area contributed by atoms with Crippen LogP contribution < -0.4 is 5.32 Å². The summed E-state index contributed by atoms with van der Waals surface area (Å²) >= 11 is 0. The van der Waals surface area contributed by atoms with Gasteiger partial charge in [-0.05, 0) is 12.1 Å². The first-order valence-corrected chi connectivity index (χ1v) is 4.69. The van der Waals surface area contributed by atoms with Gasteiger partial charge in [0.25, 0.3) is 5.91 Å². The summed E-state index contributed by atoms with van der Waals surface area (Å²) in [6, 6.07) is 2.02. The Morgan fingerprint density at radius 2 is 2.25 bits per heavy atom. The number of carboxylic acids is 1. The highest BCUT2D eigenvalue weighted by atomic mass is 16.4. The summed E-state index contributed by atoms with van der Waals surface area (Å²) in [4.78, 5) is 26.0. The zero-order valence-corrected chi connectivity index (χ0v) is 8.46. The van der Waals surface area contributed by atoms with Gasteiger partial charge in [-0.15, -0.1) is 0 Å². The van der Waals surface area contributed by atoms with E-state index in [0.29, 0.717) is 0 Å². The number of aromatic nitrogens is 1. The molecule has 6 nitrogen and oxygen atoms in total. The summed E-state index contributed by atoms with van der Waals surface area (Å²) in [6.45, 7) is -0.301. The topological polar surface area (TPSA) is 99.5 Å². The van der Waals surface area contributed by atoms with Crippen LogP contribution in [0, 0.1) is 0 Å². The number of pyridine rings is 1. The number of amides is 1. The Kier molecular flexibility index (Phi) is 4.41. The number of carbonyl (C=O) groups is 2. The van der Waals surface area contributed by atoms with Crippen LogP contribution in [0.1, 0.15) is 16.8 Å². The quantitative estimate of drug-likeness (QED) is 0.634.